The van der Waals surface area contributed by atoms with Crippen molar-refractivity contribution in [3.63, 3.8) is 0 Å². The van der Waals surface area contributed by atoms with E-state index < -0.39 is 0 Å². The van der Waals surface area contributed by atoms with E-state index in [0.717, 1.165) is 41.7 Å². The van der Waals surface area contributed by atoms with Crippen LogP contribution in [0.5, 0.6) is 0 Å². The summed E-state index contributed by atoms with van der Waals surface area (Å²) >= 11 is 7.61. The summed E-state index contributed by atoms with van der Waals surface area (Å²) in [5.74, 6) is 0. The van der Waals surface area contributed by atoms with Gasteiger partial charge in [-0.15, -0.1) is 11.3 Å². The Morgan fingerprint density at radius 2 is 2.14 bits per heavy atom. The number of halogens is 1. The molecule has 0 aliphatic carbocycles. The maximum absolute atomic E-state index is 9.37. The molecule has 0 saturated carbocycles. The van der Waals surface area contributed by atoms with Crippen LogP contribution >= 0.6 is 22.9 Å². The van der Waals surface area contributed by atoms with E-state index in [9.17, 15) is 5.11 Å². The molecule has 0 unspecified atom stereocenters. The third-order valence-corrected chi connectivity index (χ3v) is 5.09. The average Bonchev–Trinajstić information content (AvgIpc) is 3.11. The van der Waals surface area contributed by atoms with E-state index in [-0.39, 0.29) is 6.61 Å². The van der Waals surface area contributed by atoms with Gasteiger partial charge in [-0.1, -0.05) is 23.7 Å². The first-order valence-corrected chi connectivity index (χ1v) is 8.53. The molecule has 1 aromatic carbocycles. The lowest BCUT2D eigenvalue weighted by Crippen LogP contribution is -2.31. The number of hydrogen-bond acceptors (Lipinski definition) is 4. The number of likely N-dealkylation sites (tertiary alicyclic amines) is 1. The van der Waals surface area contributed by atoms with Gasteiger partial charge in [-0.25, -0.2) is 4.98 Å². The number of benzene rings is 1. The highest BCUT2D eigenvalue weighted by molar-refractivity contribution is 7.09. The normalized spacial score (nSPS) is 19.2. The van der Waals surface area contributed by atoms with Gasteiger partial charge in [-0.05, 0) is 37.1 Å². The molecule has 0 amide bonds. The molecule has 5 heteroatoms. The molecule has 1 atom stereocenters. The molecular formula is C16H19ClN2OS. The summed E-state index contributed by atoms with van der Waals surface area (Å²) in [6.45, 7) is 2.17. The van der Waals surface area contributed by atoms with Crippen molar-refractivity contribution < 1.29 is 5.11 Å². The summed E-state index contributed by atoms with van der Waals surface area (Å²) in [6.07, 6.45) is 3.12. The van der Waals surface area contributed by atoms with E-state index in [1.54, 1.807) is 11.3 Å². The lowest BCUT2D eigenvalue weighted by molar-refractivity contribution is 0.152. The summed E-state index contributed by atoms with van der Waals surface area (Å²) in [5.41, 5.74) is 2.35. The Hall–Kier alpha value is -0.940. The standard InChI is InChI=1S/C16H19ClN2OS/c17-13-5-3-12(4-6-13)8-16-18-14(11-21-16)9-19-7-1-2-15(19)10-20/h3-6,11,15,20H,1-2,7-10H2/t15-/m1/s1. The lowest BCUT2D eigenvalue weighted by atomic mass is 10.2. The molecule has 0 bridgehead atoms. The number of nitrogens with zero attached hydrogens (tertiary/aromatic N) is 2. The zero-order valence-electron chi connectivity index (χ0n) is 11.8. The van der Waals surface area contributed by atoms with Crippen molar-refractivity contribution in [2.24, 2.45) is 0 Å². The van der Waals surface area contributed by atoms with Gasteiger partial charge in [0.25, 0.3) is 0 Å². The second-order valence-corrected chi connectivity index (χ2v) is 6.86. The zero-order chi connectivity index (χ0) is 14.7. The smallest absolute Gasteiger partial charge is 0.0972 e. The molecule has 1 saturated heterocycles. The van der Waals surface area contributed by atoms with Crippen LogP contribution in [0.25, 0.3) is 0 Å². The average molecular weight is 323 g/mol. The fraction of sp³-hybridized carbons (Fsp3) is 0.438. The quantitative estimate of drug-likeness (QED) is 0.917. The second kappa shape index (κ2) is 6.88. The van der Waals surface area contributed by atoms with Gasteiger partial charge < -0.3 is 5.11 Å². The number of rotatable bonds is 5. The van der Waals surface area contributed by atoms with Crippen LogP contribution in [0.15, 0.2) is 29.6 Å². The number of thiazole rings is 1. The van der Waals surface area contributed by atoms with Crippen molar-refractivity contribution in [3.05, 3.63) is 50.9 Å². The molecule has 0 spiro atoms. The van der Waals surface area contributed by atoms with Crippen molar-refractivity contribution in [2.45, 2.75) is 31.8 Å². The van der Waals surface area contributed by atoms with Crippen LogP contribution in [-0.2, 0) is 13.0 Å². The number of hydrogen-bond donors (Lipinski definition) is 1. The van der Waals surface area contributed by atoms with Crippen molar-refractivity contribution >= 4 is 22.9 Å². The van der Waals surface area contributed by atoms with E-state index in [0.29, 0.717) is 6.04 Å². The molecule has 1 aromatic heterocycles. The van der Waals surface area contributed by atoms with E-state index in [1.807, 2.05) is 24.3 Å². The van der Waals surface area contributed by atoms with Gasteiger partial charge in [0.05, 0.1) is 17.3 Å². The minimum absolute atomic E-state index is 0.252. The minimum Gasteiger partial charge on any atom is -0.395 e. The van der Waals surface area contributed by atoms with Crippen molar-refractivity contribution in [1.29, 1.82) is 0 Å². The topological polar surface area (TPSA) is 36.4 Å². The molecule has 1 aliphatic rings. The number of aromatic nitrogens is 1. The van der Waals surface area contributed by atoms with Gasteiger partial charge in [-0.2, -0.15) is 0 Å². The van der Waals surface area contributed by atoms with Gasteiger partial charge in [0, 0.05) is 29.4 Å². The highest BCUT2D eigenvalue weighted by atomic mass is 35.5. The van der Waals surface area contributed by atoms with Gasteiger partial charge in [0.15, 0.2) is 0 Å². The minimum atomic E-state index is 0.252. The Balaban J connectivity index is 1.62. The van der Waals surface area contributed by atoms with Crippen molar-refractivity contribution in [2.75, 3.05) is 13.2 Å². The molecule has 21 heavy (non-hydrogen) atoms. The second-order valence-electron chi connectivity index (χ2n) is 5.48. The lowest BCUT2D eigenvalue weighted by Gasteiger charge is -2.21. The first-order chi connectivity index (χ1) is 10.2. The monoisotopic (exact) mass is 322 g/mol. The highest BCUT2D eigenvalue weighted by Crippen LogP contribution is 2.22. The number of aliphatic hydroxyl groups excluding tert-OH is 1. The fourth-order valence-corrected chi connectivity index (χ4v) is 3.74. The summed E-state index contributed by atoms with van der Waals surface area (Å²) < 4.78 is 0. The van der Waals surface area contributed by atoms with E-state index in [2.05, 4.69) is 10.3 Å². The Bertz CT molecular complexity index is 584. The molecule has 3 nitrogen and oxygen atoms in total. The molecule has 1 aliphatic heterocycles. The summed E-state index contributed by atoms with van der Waals surface area (Å²) in [6, 6.07) is 8.24. The molecular weight excluding hydrogens is 304 g/mol. The Morgan fingerprint density at radius 3 is 2.90 bits per heavy atom. The predicted molar refractivity (Wildman–Crippen MR) is 86.9 cm³/mol. The molecule has 112 valence electrons. The maximum atomic E-state index is 9.37. The van der Waals surface area contributed by atoms with Gasteiger partial charge in [0.1, 0.15) is 0 Å². The summed E-state index contributed by atoms with van der Waals surface area (Å²) in [7, 11) is 0. The zero-order valence-corrected chi connectivity index (χ0v) is 13.4. The van der Waals surface area contributed by atoms with Crippen LogP contribution in [0.1, 0.15) is 29.1 Å². The molecule has 3 rings (SSSR count). The molecule has 0 radical (unpaired) electrons. The SMILES string of the molecule is OC[C@H]1CCCN1Cc1csc(Cc2ccc(Cl)cc2)n1. The van der Waals surface area contributed by atoms with E-state index >= 15 is 0 Å². The summed E-state index contributed by atoms with van der Waals surface area (Å²) in [5, 5.41) is 13.4. The van der Waals surface area contributed by atoms with Crippen LogP contribution in [0.2, 0.25) is 5.02 Å². The third-order valence-electron chi connectivity index (χ3n) is 3.94. The van der Waals surface area contributed by atoms with Crippen molar-refractivity contribution in [3.8, 4) is 0 Å². The Kier molecular flexibility index (Phi) is 4.91. The first kappa shape index (κ1) is 15.0. The maximum Gasteiger partial charge on any atom is 0.0972 e. The predicted octanol–water partition coefficient (Wildman–Crippen LogP) is 3.34. The van der Waals surface area contributed by atoms with Gasteiger partial charge >= 0.3 is 0 Å². The number of aliphatic hydroxyl groups is 1. The summed E-state index contributed by atoms with van der Waals surface area (Å²) in [4.78, 5) is 7.06. The van der Waals surface area contributed by atoms with Crippen LogP contribution in [-0.4, -0.2) is 34.2 Å². The van der Waals surface area contributed by atoms with Crippen LogP contribution in [0.3, 0.4) is 0 Å². The molecule has 1 fully saturated rings. The highest BCUT2D eigenvalue weighted by Gasteiger charge is 2.24. The van der Waals surface area contributed by atoms with Crippen LogP contribution in [0.4, 0.5) is 0 Å². The van der Waals surface area contributed by atoms with Crippen molar-refractivity contribution in [1.82, 2.24) is 9.88 Å². The van der Waals surface area contributed by atoms with Gasteiger partial charge in [0.2, 0.25) is 0 Å². The van der Waals surface area contributed by atoms with Gasteiger partial charge in [-0.3, -0.25) is 4.90 Å². The van der Waals surface area contributed by atoms with Crippen LogP contribution in [0, 0.1) is 0 Å². The molecule has 2 heterocycles. The Morgan fingerprint density at radius 1 is 1.33 bits per heavy atom. The largest absolute Gasteiger partial charge is 0.395 e. The van der Waals surface area contributed by atoms with E-state index in [1.165, 1.54) is 12.0 Å². The Labute approximate surface area is 134 Å². The fourth-order valence-electron chi connectivity index (χ4n) is 2.80. The van der Waals surface area contributed by atoms with Crippen LogP contribution < -0.4 is 0 Å². The molecule has 2 aromatic rings. The first-order valence-electron chi connectivity index (χ1n) is 7.27. The third kappa shape index (κ3) is 3.83. The van der Waals surface area contributed by atoms with E-state index in [4.69, 9.17) is 16.6 Å². The molecule has 1 N–H and O–H groups in total.